The van der Waals surface area contributed by atoms with Crippen LogP contribution in [0.2, 0.25) is 5.02 Å². The molecule has 9 heteroatoms. The van der Waals surface area contributed by atoms with Crippen molar-refractivity contribution in [1.29, 1.82) is 0 Å². The summed E-state index contributed by atoms with van der Waals surface area (Å²) in [5.74, 6) is -0.750. The van der Waals surface area contributed by atoms with E-state index in [1.165, 1.54) is 43.5 Å². The summed E-state index contributed by atoms with van der Waals surface area (Å²) in [6, 6.07) is 11.8. The molecule has 1 unspecified atom stereocenters. The Kier molecular flexibility index (Phi) is 4.88. The van der Waals surface area contributed by atoms with E-state index in [0.717, 1.165) is 0 Å². The molecular weight excluding hydrogens is 385 g/mol. The molecule has 2 aromatic carbocycles. The highest BCUT2D eigenvalue weighted by molar-refractivity contribution is 6.33. The fraction of sp³-hybridized carbons (Fsp3) is 0.222. The largest absolute Gasteiger partial charge is 0.497 e. The number of aliphatic hydroxyl groups is 1. The number of amides is 1. The first-order valence-corrected chi connectivity index (χ1v) is 8.15. The van der Waals surface area contributed by atoms with E-state index in [-0.39, 0.29) is 21.3 Å². The van der Waals surface area contributed by atoms with E-state index in [4.69, 9.17) is 16.3 Å². The standard InChI is InChI=1S/C18H14ClF3N2O3/c1-27-12-6-4-5-11(9-12)15-10-17(26,18(20,21)22)24(23-15)16(25)13-7-2-3-8-14(13)19/h2-9,26H,10H2,1H3. The van der Waals surface area contributed by atoms with Crippen LogP contribution in [-0.4, -0.2) is 40.7 Å². The van der Waals surface area contributed by atoms with Crippen LogP contribution in [0, 0.1) is 0 Å². The van der Waals surface area contributed by atoms with E-state index >= 15 is 0 Å². The number of rotatable bonds is 3. The number of nitrogens with zero attached hydrogens (tertiary/aromatic N) is 2. The third-order valence-electron chi connectivity index (χ3n) is 4.14. The van der Waals surface area contributed by atoms with Crippen LogP contribution in [0.4, 0.5) is 13.2 Å². The molecule has 0 saturated carbocycles. The quantitative estimate of drug-likeness (QED) is 0.854. The number of methoxy groups -OCH3 is 1. The highest BCUT2D eigenvalue weighted by Crippen LogP contribution is 2.42. The first kappa shape index (κ1) is 19.2. The zero-order valence-corrected chi connectivity index (χ0v) is 14.8. The minimum Gasteiger partial charge on any atom is -0.497 e. The number of alkyl halides is 3. The Labute approximate surface area is 157 Å². The maximum atomic E-state index is 13.6. The van der Waals surface area contributed by atoms with Crippen LogP contribution in [0.25, 0.3) is 0 Å². The number of carbonyl (C=O) groups is 1. The lowest BCUT2D eigenvalue weighted by molar-refractivity contribution is -0.297. The molecule has 1 heterocycles. The molecule has 1 aliphatic heterocycles. The van der Waals surface area contributed by atoms with Crippen molar-refractivity contribution < 1.29 is 27.8 Å². The topological polar surface area (TPSA) is 62.1 Å². The highest BCUT2D eigenvalue weighted by atomic mass is 35.5. The molecule has 0 aliphatic carbocycles. The van der Waals surface area contributed by atoms with E-state index in [1.807, 2.05) is 0 Å². The van der Waals surface area contributed by atoms with Gasteiger partial charge in [-0.1, -0.05) is 35.9 Å². The van der Waals surface area contributed by atoms with Crippen molar-refractivity contribution in [2.45, 2.75) is 18.3 Å². The summed E-state index contributed by atoms with van der Waals surface area (Å²) in [6.45, 7) is 0. The molecule has 1 N–H and O–H groups in total. The second-order valence-electron chi connectivity index (χ2n) is 5.87. The van der Waals surface area contributed by atoms with Gasteiger partial charge in [-0.3, -0.25) is 4.79 Å². The van der Waals surface area contributed by atoms with Crippen LogP contribution in [0.3, 0.4) is 0 Å². The minimum atomic E-state index is -5.13. The van der Waals surface area contributed by atoms with Gasteiger partial charge in [0.05, 0.1) is 29.8 Å². The van der Waals surface area contributed by atoms with Crippen LogP contribution in [0.15, 0.2) is 53.6 Å². The SMILES string of the molecule is COc1cccc(C2=NN(C(=O)c3ccccc3Cl)C(O)(C(F)(F)F)C2)c1. The van der Waals surface area contributed by atoms with Crippen LogP contribution >= 0.6 is 11.6 Å². The maximum absolute atomic E-state index is 13.6. The molecule has 1 atom stereocenters. The van der Waals surface area contributed by atoms with Gasteiger partial charge in [0.25, 0.3) is 11.6 Å². The highest BCUT2D eigenvalue weighted by Gasteiger charge is 2.63. The zero-order chi connectivity index (χ0) is 19.8. The third-order valence-corrected chi connectivity index (χ3v) is 4.47. The molecule has 2 aromatic rings. The molecule has 0 fully saturated rings. The Balaban J connectivity index is 2.08. The Hall–Kier alpha value is -2.58. The Morgan fingerprint density at radius 3 is 2.59 bits per heavy atom. The van der Waals surface area contributed by atoms with E-state index in [0.29, 0.717) is 11.3 Å². The van der Waals surface area contributed by atoms with Crippen molar-refractivity contribution in [3.8, 4) is 5.75 Å². The molecule has 0 spiro atoms. The van der Waals surface area contributed by atoms with Gasteiger partial charge in [0, 0.05) is 5.56 Å². The van der Waals surface area contributed by atoms with Crippen LogP contribution in [0.1, 0.15) is 22.3 Å². The van der Waals surface area contributed by atoms with E-state index in [9.17, 15) is 23.1 Å². The lowest BCUT2D eigenvalue weighted by Crippen LogP contribution is -2.56. The van der Waals surface area contributed by atoms with Crippen LogP contribution in [-0.2, 0) is 0 Å². The summed E-state index contributed by atoms with van der Waals surface area (Å²) in [5.41, 5.74) is -3.49. The number of benzene rings is 2. The minimum absolute atomic E-state index is 0.0444. The van der Waals surface area contributed by atoms with Gasteiger partial charge in [0.1, 0.15) is 5.75 Å². The van der Waals surface area contributed by atoms with E-state index in [2.05, 4.69) is 5.10 Å². The predicted molar refractivity (Wildman–Crippen MR) is 92.8 cm³/mol. The predicted octanol–water partition coefficient (Wildman–Crippen LogP) is 3.85. The smallest absolute Gasteiger partial charge is 0.438 e. The van der Waals surface area contributed by atoms with E-state index < -0.39 is 24.2 Å². The molecule has 0 saturated heterocycles. The molecule has 142 valence electrons. The number of hydrogen-bond acceptors (Lipinski definition) is 4. The molecule has 0 bridgehead atoms. The monoisotopic (exact) mass is 398 g/mol. The summed E-state index contributed by atoms with van der Waals surface area (Å²) in [6.07, 6.45) is -6.05. The molecular formula is C18H14ClF3N2O3. The van der Waals surface area contributed by atoms with Gasteiger partial charge in [0.2, 0.25) is 0 Å². The van der Waals surface area contributed by atoms with Gasteiger partial charge in [-0.2, -0.15) is 23.3 Å². The van der Waals surface area contributed by atoms with E-state index in [1.54, 1.807) is 12.1 Å². The summed E-state index contributed by atoms with van der Waals surface area (Å²) in [4.78, 5) is 12.7. The molecule has 1 amide bonds. The fourth-order valence-corrected chi connectivity index (χ4v) is 2.91. The average molecular weight is 399 g/mol. The Morgan fingerprint density at radius 1 is 1.26 bits per heavy atom. The summed E-state index contributed by atoms with van der Waals surface area (Å²) in [5, 5.41) is 14.1. The number of halogens is 4. The lowest BCUT2D eigenvalue weighted by atomic mass is 10.0. The van der Waals surface area contributed by atoms with Crippen molar-refractivity contribution >= 4 is 23.2 Å². The Bertz CT molecular complexity index is 917. The van der Waals surface area contributed by atoms with Gasteiger partial charge in [-0.25, -0.2) is 0 Å². The van der Waals surface area contributed by atoms with Crippen LogP contribution in [0.5, 0.6) is 5.75 Å². The summed E-state index contributed by atoms with van der Waals surface area (Å²) >= 11 is 5.92. The molecule has 5 nitrogen and oxygen atoms in total. The van der Waals surface area contributed by atoms with Gasteiger partial charge in [-0.05, 0) is 24.3 Å². The zero-order valence-electron chi connectivity index (χ0n) is 14.0. The molecule has 0 radical (unpaired) electrons. The molecule has 1 aliphatic rings. The van der Waals surface area contributed by atoms with Gasteiger partial charge in [0.15, 0.2) is 0 Å². The number of hydrogen-bond donors (Lipinski definition) is 1. The lowest BCUT2D eigenvalue weighted by Gasteiger charge is -2.32. The van der Waals surface area contributed by atoms with Crippen molar-refractivity contribution in [2.75, 3.05) is 7.11 Å². The fourth-order valence-electron chi connectivity index (χ4n) is 2.69. The van der Waals surface area contributed by atoms with Crippen molar-refractivity contribution in [3.63, 3.8) is 0 Å². The normalized spacial score (nSPS) is 19.8. The first-order chi connectivity index (χ1) is 12.7. The molecule has 0 aromatic heterocycles. The van der Waals surface area contributed by atoms with Gasteiger partial charge >= 0.3 is 6.18 Å². The summed E-state index contributed by atoms with van der Waals surface area (Å²) < 4.78 is 45.9. The number of carbonyl (C=O) groups excluding carboxylic acids is 1. The third kappa shape index (κ3) is 3.38. The maximum Gasteiger partial charge on any atom is 0.438 e. The Morgan fingerprint density at radius 2 is 1.96 bits per heavy atom. The van der Waals surface area contributed by atoms with Gasteiger partial charge in [-0.15, -0.1) is 0 Å². The second-order valence-corrected chi connectivity index (χ2v) is 6.27. The molecule has 27 heavy (non-hydrogen) atoms. The first-order valence-electron chi connectivity index (χ1n) is 7.77. The van der Waals surface area contributed by atoms with Crippen molar-refractivity contribution in [2.24, 2.45) is 5.10 Å². The average Bonchev–Trinajstić information content (AvgIpc) is 3.00. The van der Waals surface area contributed by atoms with Gasteiger partial charge < -0.3 is 9.84 Å². The van der Waals surface area contributed by atoms with Crippen molar-refractivity contribution in [3.05, 3.63) is 64.7 Å². The molecule has 3 rings (SSSR count). The number of ether oxygens (including phenoxy) is 1. The number of hydrazone groups is 1. The summed E-state index contributed by atoms with van der Waals surface area (Å²) in [7, 11) is 1.41. The van der Waals surface area contributed by atoms with Crippen molar-refractivity contribution in [1.82, 2.24) is 5.01 Å². The second kappa shape index (κ2) is 6.86. The van der Waals surface area contributed by atoms with Crippen LogP contribution < -0.4 is 4.74 Å².